The number of hydrazine groups is 1. The summed E-state index contributed by atoms with van der Waals surface area (Å²) < 4.78 is 0. The van der Waals surface area contributed by atoms with Gasteiger partial charge in [-0.2, -0.15) is 0 Å². The molecule has 0 heterocycles. The molecule has 0 saturated carbocycles. The lowest BCUT2D eigenvalue weighted by Gasteiger charge is -2.19. The fourth-order valence-electron chi connectivity index (χ4n) is 2.13. The summed E-state index contributed by atoms with van der Waals surface area (Å²) in [5.41, 5.74) is 9.15. The van der Waals surface area contributed by atoms with Gasteiger partial charge in [0.1, 0.15) is 0 Å². The summed E-state index contributed by atoms with van der Waals surface area (Å²) in [7, 11) is 0. The number of carbonyl (C=O) groups excluding carboxylic acids is 2. The fraction of sp³-hybridized carbons (Fsp3) is 0.250. The highest BCUT2D eigenvalue weighted by Gasteiger charge is 2.10. The van der Waals surface area contributed by atoms with E-state index < -0.39 is 5.91 Å². The molecule has 0 atom stereocenters. The Morgan fingerprint density at radius 2 is 1.52 bits per heavy atom. The number of nitrogens with two attached hydrogens (primary N) is 1. The van der Waals surface area contributed by atoms with Crippen LogP contribution in [0.1, 0.15) is 34.6 Å². The number of amides is 2. The van der Waals surface area contributed by atoms with E-state index in [0.717, 1.165) is 23.9 Å². The van der Waals surface area contributed by atoms with Gasteiger partial charge >= 0.3 is 0 Å². The van der Waals surface area contributed by atoms with Crippen LogP contribution in [-0.4, -0.2) is 29.9 Å². The molecule has 21 heavy (non-hydrogen) atoms. The summed E-state index contributed by atoms with van der Waals surface area (Å²) in [5.74, 6) is -0.597. The van der Waals surface area contributed by atoms with E-state index in [1.165, 1.54) is 0 Å². The van der Waals surface area contributed by atoms with Crippen LogP contribution in [0.2, 0.25) is 0 Å². The third kappa shape index (κ3) is 3.38. The highest BCUT2D eigenvalue weighted by molar-refractivity contribution is 6.01. The number of nitrogens with one attached hydrogen (secondary N) is 1. The van der Waals surface area contributed by atoms with E-state index in [0.29, 0.717) is 11.1 Å². The lowest BCUT2D eigenvalue weighted by molar-refractivity contribution is 0.0805. The number of nitrogens with zero attached hydrogens (tertiary/aromatic N) is 1. The largest absolute Gasteiger partial charge is 0.366 e. The number of carbonyl (C=O) groups is 2. The molecular weight excluding hydrogens is 266 g/mol. The van der Waals surface area contributed by atoms with E-state index in [4.69, 9.17) is 5.73 Å². The van der Waals surface area contributed by atoms with Crippen molar-refractivity contribution in [1.29, 1.82) is 0 Å². The zero-order chi connectivity index (χ0) is 15.4. The highest BCUT2D eigenvalue weighted by atomic mass is 16.2. The van der Waals surface area contributed by atoms with Gasteiger partial charge in [-0.15, -0.1) is 0 Å². The van der Waals surface area contributed by atoms with Crippen LogP contribution < -0.4 is 11.2 Å². The van der Waals surface area contributed by atoms with Gasteiger partial charge in [0, 0.05) is 24.2 Å². The molecule has 110 valence electrons. The molecule has 0 unspecified atom stereocenters. The van der Waals surface area contributed by atoms with Gasteiger partial charge in [0.05, 0.1) is 0 Å². The summed E-state index contributed by atoms with van der Waals surface area (Å²) >= 11 is 0. The standard InChI is InChI=1S/C16H19N3O2/c1-3-19(4-2)18-16(21)14-8-6-11-9-13(15(17)20)7-5-12(11)10-14/h5-10H,3-4H2,1-2H3,(H2,17,20)(H,18,21). The zero-order valence-electron chi connectivity index (χ0n) is 12.2. The molecule has 0 aliphatic carbocycles. The second kappa shape index (κ2) is 6.37. The molecule has 0 spiro atoms. The molecule has 0 aliphatic rings. The Bertz CT molecular complexity index is 678. The third-order valence-electron chi connectivity index (χ3n) is 3.41. The van der Waals surface area contributed by atoms with E-state index in [1.807, 2.05) is 24.9 Å². The maximum Gasteiger partial charge on any atom is 0.265 e. The van der Waals surface area contributed by atoms with E-state index in [-0.39, 0.29) is 5.91 Å². The summed E-state index contributed by atoms with van der Waals surface area (Å²) in [4.78, 5) is 23.3. The Hall–Kier alpha value is -2.40. The molecule has 2 aromatic carbocycles. The zero-order valence-corrected chi connectivity index (χ0v) is 12.2. The molecule has 0 aliphatic heterocycles. The first kappa shape index (κ1) is 15.0. The van der Waals surface area contributed by atoms with Crippen molar-refractivity contribution < 1.29 is 9.59 Å². The SMILES string of the molecule is CCN(CC)NC(=O)c1ccc2cc(C(N)=O)ccc2c1. The first-order valence-corrected chi connectivity index (χ1v) is 6.94. The molecule has 5 heteroatoms. The monoisotopic (exact) mass is 285 g/mol. The molecule has 5 nitrogen and oxygen atoms in total. The minimum Gasteiger partial charge on any atom is -0.366 e. The molecule has 0 radical (unpaired) electrons. The quantitative estimate of drug-likeness (QED) is 0.824. The Kier molecular flexibility index (Phi) is 4.55. The molecular formula is C16H19N3O2. The molecule has 2 aromatic rings. The van der Waals surface area contributed by atoms with Gasteiger partial charge in [-0.3, -0.25) is 15.0 Å². The summed E-state index contributed by atoms with van der Waals surface area (Å²) in [6, 6.07) is 10.5. The van der Waals surface area contributed by atoms with Gasteiger partial charge in [0.15, 0.2) is 0 Å². The average Bonchev–Trinajstić information content (AvgIpc) is 2.51. The number of benzene rings is 2. The van der Waals surface area contributed by atoms with Gasteiger partial charge < -0.3 is 5.73 Å². The molecule has 0 fully saturated rings. The lowest BCUT2D eigenvalue weighted by atomic mass is 10.0. The van der Waals surface area contributed by atoms with Crippen molar-refractivity contribution in [2.24, 2.45) is 5.73 Å². The summed E-state index contributed by atoms with van der Waals surface area (Å²) in [6.07, 6.45) is 0. The van der Waals surface area contributed by atoms with Crippen molar-refractivity contribution in [3.63, 3.8) is 0 Å². The lowest BCUT2D eigenvalue weighted by Crippen LogP contribution is -2.41. The third-order valence-corrected chi connectivity index (χ3v) is 3.41. The summed E-state index contributed by atoms with van der Waals surface area (Å²) in [6.45, 7) is 5.46. The van der Waals surface area contributed by atoms with E-state index in [2.05, 4.69) is 5.43 Å². The topological polar surface area (TPSA) is 75.4 Å². The van der Waals surface area contributed by atoms with Crippen molar-refractivity contribution in [3.8, 4) is 0 Å². The van der Waals surface area contributed by atoms with Crippen LogP contribution in [0.3, 0.4) is 0 Å². The second-order valence-electron chi connectivity index (χ2n) is 4.75. The Morgan fingerprint density at radius 1 is 1.00 bits per heavy atom. The number of rotatable bonds is 5. The van der Waals surface area contributed by atoms with Crippen molar-refractivity contribution in [2.45, 2.75) is 13.8 Å². The first-order chi connectivity index (χ1) is 10.0. The molecule has 3 N–H and O–H groups in total. The predicted molar refractivity (Wildman–Crippen MR) is 82.9 cm³/mol. The van der Waals surface area contributed by atoms with Gasteiger partial charge in [-0.05, 0) is 35.0 Å². The molecule has 0 aromatic heterocycles. The van der Waals surface area contributed by atoms with Gasteiger partial charge in [0.25, 0.3) is 5.91 Å². The second-order valence-corrected chi connectivity index (χ2v) is 4.75. The maximum absolute atomic E-state index is 12.2. The number of primary amides is 1. The number of hydrogen-bond donors (Lipinski definition) is 2. The molecule has 2 rings (SSSR count). The number of fused-ring (bicyclic) bond motifs is 1. The Balaban J connectivity index is 2.28. The van der Waals surface area contributed by atoms with Crippen LogP contribution in [0.5, 0.6) is 0 Å². The van der Waals surface area contributed by atoms with Crippen molar-refractivity contribution in [2.75, 3.05) is 13.1 Å². The van der Waals surface area contributed by atoms with Crippen molar-refractivity contribution in [1.82, 2.24) is 10.4 Å². The summed E-state index contributed by atoms with van der Waals surface area (Å²) in [5, 5.41) is 3.61. The Morgan fingerprint density at radius 3 is 2.05 bits per heavy atom. The molecule has 0 saturated heterocycles. The maximum atomic E-state index is 12.2. The van der Waals surface area contributed by atoms with Crippen LogP contribution in [0, 0.1) is 0 Å². The highest BCUT2D eigenvalue weighted by Crippen LogP contribution is 2.18. The van der Waals surface area contributed by atoms with Crippen LogP contribution in [0.15, 0.2) is 36.4 Å². The normalized spacial score (nSPS) is 10.8. The smallest absolute Gasteiger partial charge is 0.265 e. The molecule has 2 amide bonds. The van der Waals surface area contributed by atoms with Crippen LogP contribution in [0.25, 0.3) is 10.8 Å². The van der Waals surface area contributed by atoms with Crippen LogP contribution in [0.4, 0.5) is 0 Å². The fourth-order valence-corrected chi connectivity index (χ4v) is 2.13. The average molecular weight is 285 g/mol. The minimum absolute atomic E-state index is 0.139. The van der Waals surface area contributed by atoms with Gasteiger partial charge in [-0.1, -0.05) is 26.0 Å². The van der Waals surface area contributed by atoms with Crippen LogP contribution in [-0.2, 0) is 0 Å². The van der Waals surface area contributed by atoms with Gasteiger partial charge in [-0.25, -0.2) is 5.01 Å². The predicted octanol–water partition coefficient (Wildman–Crippen LogP) is 1.93. The Labute approximate surface area is 123 Å². The number of hydrogen-bond acceptors (Lipinski definition) is 3. The van der Waals surface area contributed by atoms with Gasteiger partial charge in [0.2, 0.25) is 5.91 Å². The first-order valence-electron chi connectivity index (χ1n) is 6.94. The minimum atomic E-state index is -0.458. The van der Waals surface area contributed by atoms with E-state index >= 15 is 0 Å². The van der Waals surface area contributed by atoms with E-state index in [9.17, 15) is 9.59 Å². The molecule has 0 bridgehead atoms. The van der Waals surface area contributed by atoms with Crippen molar-refractivity contribution in [3.05, 3.63) is 47.5 Å². The van der Waals surface area contributed by atoms with Crippen LogP contribution >= 0.6 is 0 Å². The van der Waals surface area contributed by atoms with Crippen molar-refractivity contribution >= 4 is 22.6 Å². The van der Waals surface area contributed by atoms with E-state index in [1.54, 1.807) is 30.3 Å².